The van der Waals surface area contributed by atoms with Gasteiger partial charge in [-0.2, -0.15) is 8.61 Å². The topological polar surface area (TPSA) is 90.5 Å². The minimum absolute atomic E-state index is 0.0148. The van der Waals surface area contributed by atoms with Crippen molar-refractivity contribution in [2.24, 2.45) is 0 Å². The number of sulfonamides is 2. The molecule has 2 saturated heterocycles. The van der Waals surface area contributed by atoms with Crippen molar-refractivity contribution in [3.8, 4) is 5.75 Å². The van der Waals surface area contributed by atoms with Crippen LogP contribution >= 0.6 is 0 Å². The van der Waals surface area contributed by atoms with Crippen LogP contribution in [0.2, 0.25) is 0 Å². The van der Waals surface area contributed by atoms with E-state index in [9.17, 15) is 16.8 Å². The number of hydrogen-bond acceptors (Lipinski definition) is 7. The Hall–Kier alpha value is -1.24. The number of rotatable bonds is 7. The highest BCUT2D eigenvalue weighted by Gasteiger charge is 2.34. The second kappa shape index (κ2) is 9.49. The van der Waals surface area contributed by atoms with Crippen LogP contribution in [0.5, 0.6) is 5.75 Å². The first-order valence-electron chi connectivity index (χ1n) is 10.4. The van der Waals surface area contributed by atoms with Gasteiger partial charge in [0.1, 0.15) is 10.6 Å². The van der Waals surface area contributed by atoms with E-state index in [2.05, 4.69) is 9.80 Å². The van der Waals surface area contributed by atoms with Crippen molar-refractivity contribution in [2.75, 3.05) is 72.6 Å². The molecule has 2 fully saturated rings. The Kier molecular flexibility index (Phi) is 7.41. The molecule has 0 aliphatic carbocycles. The Morgan fingerprint density at radius 3 is 1.67 bits per heavy atom. The van der Waals surface area contributed by atoms with E-state index in [1.54, 1.807) is 0 Å². The predicted octanol–water partition coefficient (Wildman–Crippen LogP) is 0.348. The summed E-state index contributed by atoms with van der Waals surface area (Å²) < 4.78 is 61.1. The monoisotopic (exact) mass is 460 g/mol. The number of nitrogens with zero attached hydrogens (tertiary/aromatic N) is 4. The van der Waals surface area contributed by atoms with Gasteiger partial charge in [-0.25, -0.2) is 16.8 Å². The number of methoxy groups -OCH3 is 1. The third-order valence-electron chi connectivity index (χ3n) is 5.95. The van der Waals surface area contributed by atoms with Gasteiger partial charge in [0.15, 0.2) is 0 Å². The second-order valence-corrected chi connectivity index (χ2v) is 11.3. The molecule has 0 saturated carbocycles. The molecule has 2 aliphatic rings. The number of piperazine rings is 2. The van der Waals surface area contributed by atoms with E-state index >= 15 is 0 Å². The average Bonchev–Trinajstić information content (AvgIpc) is 2.78. The predicted molar refractivity (Wildman–Crippen MR) is 115 cm³/mol. The molecule has 11 heteroatoms. The van der Waals surface area contributed by atoms with Gasteiger partial charge in [-0.05, 0) is 31.3 Å². The lowest BCUT2D eigenvalue weighted by Crippen LogP contribution is -2.48. The minimum atomic E-state index is -3.87. The summed E-state index contributed by atoms with van der Waals surface area (Å²) in [4.78, 5) is 4.26. The number of likely N-dealkylation sites (N-methyl/N-ethyl adjacent to an activating group) is 2. The zero-order valence-electron chi connectivity index (χ0n) is 17.9. The molecular formula is C19H32N4O5S2. The molecule has 0 radical (unpaired) electrons. The van der Waals surface area contributed by atoms with Gasteiger partial charge >= 0.3 is 0 Å². The zero-order chi connectivity index (χ0) is 21.9. The number of benzene rings is 1. The zero-order valence-corrected chi connectivity index (χ0v) is 19.6. The van der Waals surface area contributed by atoms with Crippen molar-refractivity contribution in [1.82, 2.24) is 18.4 Å². The molecule has 9 nitrogen and oxygen atoms in total. The van der Waals surface area contributed by atoms with Gasteiger partial charge in [0.2, 0.25) is 20.0 Å². The largest absolute Gasteiger partial charge is 0.495 e. The molecule has 3 rings (SSSR count). The molecule has 0 unspecified atom stereocenters. The summed E-state index contributed by atoms with van der Waals surface area (Å²) in [6.07, 6.45) is 0. The number of ether oxygens (including phenoxy) is 1. The van der Waals surface area contributed by atoms with Gasteiger partial charge in [-0.15, -0.1) is 0 Å². The first kappa shape index (κ1) is 23.4. The normalized spacial score (nSPS) is 21.0. The third kappa shape index (κ3) is 4.66. The first-order valence-corrected chi connectivity index (χ1v) is 13.2. The Labute approximate surface area is 180 Å². The van der Waals surface area contributed by atoms with Crippen LogP contribution in [0.15, 0.2) is 28.0 Å². The fourth-order valence-corrected chi connectivity index (χ4v) is 7.01. The Bertz CT molecular complexity index is 936. The summed E-state index contributed by atoms with van der Waals surface area (Å²) in [5.74, 6) is 0.155. The lowest BCUT2D eigenvalue weighted by molar-refractivity contribution is 0.196. The van der Waals surface area contributed by atoms with Crippen molar-refractivity contribution >= 4 is 20.0 Å². The van der Waals surface area contributed by atoms with Crippen LogP contribution < -0.4 is 4.74 Å². The van der Waals surface area contributed by atoms with Gasteiger partial charge in [0.05, 0.1) is 12.0 Å². The molecule has 1 aromatic rings. The fraction of sp³-hybridized carbons (Fsp3) is 0.684. The van der Waals surface area contributed by atoms with Gasteiger partial charge in [0, 0.05) is 52.4 Å². The van der Waals surface area contributed by atoms with Crippen LogP contribution in [0.4, 0.5) is 0 Å². The maximum atomic E-state index is 13.3. The lowest BCUT2D eigenvalue weighted by Gasteiger charge is -2.34. The molecule has 2 aliphatic heterocycles. The fourth-order valence-electron chi connectivity index (χ4n) is 3.88. The lowest BCUT2D eigenvalue weighted by atomic mass is 10.3. The maximum Gasteiger partial charge on any atom is 0.246 e. The minimum Gasteiger partial charge on any atom is -0.495 e. The van der Waals surface area contributed by atoms with E-state index in [-0.39, 0.29) is 15.5 Å². The highest BCUT2D eigenvalue weighted by Crippen LogP contribution is 2.31. The molecule has 0 N–H and O–H groups in total. The van der Waals surface area contributed by atoms with Crippen LogP contribution in [0.25, 0.3) is 0 Å². The van der Waals surface area contributed by atoms with E-state index in [0.29, 0.717) is 52.4 Å². The molecule has 170 valence electrons. The van der Waals surface area contributed by atoms with E-state index in [1.807, 2.05) is 13.8 Å². The SMILES string of the molecule is CCN1CCN(S(=O)(=O)c2ccc(OC)c(S(=O)(=O)N3CCN(CC)CC3)c2)CC1. The van der Waals surface area contributed by atoms with Crippen LogP contribution in [-0.2, 0) is 20.0 Å². The summed E-state index contributed by atoms with van der Waals surface area (Å²) in [5.41, 5.74) is 0. The quantitative estimate of drug-likeness (QED) is 0.580. The summed E-state index contributed by atoms with van der Waals surface area (Å²) >= 11 is 0. The van der Waals surface area contributed by atoms with Crippen LogP contribution in [0.1, 0.15) is 13.8 Å². The summed E-state index contributed by atoms with van der Waals surface area (Å²) in [7, 11) is -6.27. The van der Waals surface area contributed by atoms with Crippen LogP contribution in [-0.4, -0.2) is 108 Å². The van der Waals surface area contributed by atoms with Crippen molar-refractivity contribution in [1.29, 1.82) is 0 Å². The molecule has 1 aromatic carbocycles. The average molecular weight is 461 g/mol. The standard InChI is InChI=1S/C19H32N4O5S2/c1-4-20-8-12-22(13-9-20)29(24,25)17-6-7-18(28-3)19(16-17)30(26,27)23-14-10-21(5-2)11-15-23/h6-7,16H,4-5,8-15H2,1-3H3. The number of hydrogen-bond donors (Lipinski definition) is 0. The van der Waals surface area contributed by atoms with E-state index in [1.165, 1.54) is 33.9 Å². The molecule has 0 bridgehead atoms. The van der Waals surface area contributed by atoms with Crippen molar-refractivity contribution in [3.63, 3.8) is 0 Å². The van der Waals surface area contributed by atoms with Gasteiger partial charge in [-0.3, -0.25) is 0 Å². The maximum absolute atomic E-state index is 13.3. The first-order chi connectivity index (χ1) is 14.2. The van der Waals surface area contributed by atoms with Crippen molar-refractivity contribution in [2.45, 2.75) is 23.6 Å². The van der Waals surface area contributed by atoms with E-state index in [4.69, 9.17) is 4.74 Å². The highest BCUT2D eigenvalue weighted by molar-refractivity contribution is 7.90. The Morgan fingerprint density at radius 1 is 0.767 bits per heavy atom. The smallest absolute Gasteiger partial charge is 0.246 e. The molecule has 30 heavy (non-hydrogen) atoms. The molecule has 0 aromatic heterocycles. The molecule has 0 atom stereocenters. The summed E-state index contributed by atoms with van der Waals surface area (Å²) in [5, 5.41) is 0. The molecule has 0 spiro atoms. The van der Waals surface area contributed by atoms with Crippen LogP contribution in [0.3, 0.4) is 0 Å². The van der Waals surface area contributed by atoms with Crippen LogP contribution in [0, 0.1) is 0 Å². The molecule has 0 amide bonds. The summed E-state index contributed by atoms with van der Waals surface area (Å²) in [6.45, 7) is 10.00. The molecular weight excluding hydrogens is 428 g/mol. The summed E-state index contributed by atoms with van der Waals surface area (Å²) in [6, 6.07) is 4.11. The van der Waals surface area contributed by atoms with Gasteiger partial charge in [0.25, 0.3) is 0 Å². The van der Waals surface area contributed by atoms with E-state index in [0.717, 1.165) is 13.1 Å². The van der Waals surface area contributed by atoms with Crippen molar-refractivity contribution < 1.29 is 21.6 Å². The third-order valence-corrected chi connectivity index (χ3v) is 9.76. The second-order valence-electron chi connectivity index (χ2n) is 7.49. The Balaban J connectivity index is 1.90. The van der Waals surface area contributed by atoms with E-state index < -0.39 is 20.0 Å². The van der Waals surface area contributed by atoms with Gasteiger partial charge < -0.3 is 14.5 Å². The molecule has 2 heterocycles. The van der Waals surface area contributed by atoms with Crippen molar-refractivity contribution in [3.05, 3.63) is 18.2 Å². The Morgan fingerprint density at radius 2 is 1.23 bits per heavy atom. The highest BCUT2D eigenvalue weighted by atomic mass is 32.2. The van der Waals surface area contributed by atoms with Gasteiger partial charge in [-0.1, -0.05) is 13.8 Å².